The first-order valence-corrected chi connectivity index (χ1v) is 15.6. The maximum absolute atomic E-state index is 11.0. The molecule has 0 radical (unpaired) electrons. The number of ether oxygens (including phenoxy) is 4. The molecule has 0 aliphatic carbocycles. The molecule has 0 aliphatic heterocycles. The van der Waals surface area contributed by atoms with Gasteiger partial charge in [0.05, 0.1) is 26.4 Å². The molecule has 0 amide bonds. The maximum Gasteiger partial charge on any atom is 0.330 e. The van der Waals surface area contributed by atoms with Crippen molar-refractivity contribution in [3.8, 4) is 0 Å². The van der Waals surface area contributed by atoms with Crippen molar-refractivity contribution in [1.29, 1.82) is 0 Å². The van der Waals surface area contributed by atoms with Crippen LogP contribution in [-0.2, 0) is 28.5 Å². The molecule has 0 heterocycles. The average molecular weight is 693 g/mol. The van der Waals surface area contributed by atoms with Crippen molar-refractivity contribution in [3.63, 3.8) is 0 Å². The molecule has 0 saturated carbocycles. The van der Waals surface area contributed by atoms with Crippen LogP contribution in [0.2, 0.25) is 0 Å². The zero-order valence-electron chi connectivity index (χ0n) is 20.1. The van der Waals surface area contributed by atoms with E-state index in [1.807, 2.05) is 0 Å². The molecule has 0 atom stereocenters. The van der Waals surface area contributed by atoms with E-state index in [0.29, 0.717) is 26.4 Å². The standard InChI is InChI=1S/C26H28Br2O6S3/c1-3-25(29)33-11-9-31-13-15-35-23-7-5-19(17-21(23)27)37-20-6-8-24(22(28)18-20)36-16-14-32-10-12-34-26(30)4-2/h3-8,17-18H,1-2,9-16H2. The minimum atomic E-state index is -0.439. The molecule has 6 nitrogen and oxygen atoms in total. The Balaban J connectivity index is 1.70. The fourth-order valence-electron chi connectivity index (χ4n) is 2.61. The highest BCUT2D eigenvalue weighted by molar-refractivity contribution is 9.10. The van der Waals surface area contributed by atoms with Crippen molar-refractivity contribution < 1.29 is 28.5 Å². The van der Waals surface area contributed by atoms with E-state index in [0.717, 1.165) is 52.2 Å². The minimum Gasteiger partial charge on any atom is -0.460 e. The zero-order valence-corrected chi connectivity index (χ0v) is 25.7. The first-order chi connectivity index (χ1) is 17.9. The fourth-order valence-corrected chi connectivity index (χ4v) is 6.82. The highest BCUT2D eigenvalue weighted by atomic mass is 79.9. The van der Waals surface area contributed by atoms with Gasteiger partial charge in [-0.3, -0.25) is 0 Å². The number of halogens is 2. The third kappa shape index (κ3) is 13.4. The molecule has 0 spiro atoms. The molecule has 37 heavy (non-hydrogen) atoms. The van der Waals surface area contributed by atoms with Crippen LogP contribution in [0.1, 0.15) is 0 Å². The number of thioether (sulfide) groups is 2. The normalized spacial score (nSPS) is 10.6. The second kappa shape index (κ2) is 18.9. The molecule has 0 unspecified atom stereocenters. The van der Waals surface area contributed by atoms with Crippen molar-refractivity contribution >= 4 is 79.1 Å². The third-order valence-corrected chi connectivity index (χ3v) is 9.18. The lowest BCUT2D eigenvalue weighted by Crippen LogP contribution is -2.09. The second-order valence-electron chi connectivity index (χ2n) is 6.95. The molecule has 2 rings (SSSR count). The van der Waals surface area contributed by atoms with Crippen molar-refractivity contribution in [2.24, 2.45) is 0 Å². The third-order valence-electron chi connectivity index (χ3n) is 4.29. The van der Waals surface area contributed by atoms with Crippen LogP contribution in [0.15, 0.2) is 90.2 Å². The number of hydrogen-bond acceptors (Lipinski definition) is 9. The molecule has 0 fully saturated rings. The van der Waals surface area contributed by atoms with Gasteiger partial charge in [-0.05, 0) is 68.3 Å². The van der Waals surface area contributed by atoms with Gasteiger partial charge in [0.2, 0.25) is 0 Å². The Kier molecular flexibility index (Phi) is 16.4. The monoisotopic (exact) mass is 690 g/mol. The van der Waals surface area contributed by atoms with Gasteiger partial charge in [0.25, 0.3) is 0 Å². The van der Waals surface area contributed by atoms with Crippen molar-refractivity contribution in [3.05, 3.63) is 70.7 Å². The van der Waals surface area contributed by atoms with Gasteiger partial charge in [-0.15, -0.1) is 23.5 Å². The highest BCUT2D eigenvalue weighted by Crippen LogP contribution is 2.37. The Morgan fingerprint density at radius 2 is 1.14 bits per heavy atom. The Morgan fingerprint density at radius 3 is 1.51 bits per heavy atom. The molecule has 2 aromatic rings. The lowest BCUT2D eigenvalue weighted by Gasteiger charge is -2.10. The van der Waals surface area contributed by atoms with Gasteiger partial charge in [0.15, 0.2) is 0 Å². The first-order valence-electron chi connectivity index (χ1n) is 11.2. The van der Waals surface area contributed by atoms with Gasteiger partial charge in [0.1, 0.15) is 13.2 Å². The van der Waals surface area contributed by atoms with Gasteiger partial charge in [-0.25, -0.2) is 9.59 Å². The van der Waals surface area contributed by atoms with Gasteiger partial charge in [0, 0.05) is 52.2 Å². The minimum absolute atomic E-state index is 0.228. The van der Waals surface area contributed by atoms with Crippen LogP contribution >= 0.6 is 67.1 Å². The summed E-state index contributed by atoms with van der Waals surface area (Å²) in [4.78, 5) is 26.5. The summed E-state index contributed by atoms with van der Waals surface area (Å²) in [6.07, 6.45) is 2.27. The Hall–Kier alpha value is -1.21. The van der Waals surface area contributed by atoms with Crippen molar-refractivity contribution in [2.75, 3.05) is 51.1 Å². The summed E-state index contributed by atoms with van der Waals surface area (Å²) in [5.74, 6) is 0.707. The molecule has 0 aliphatic rings. The quantitative estimate of drug-likeness (QED) is 0.0709. The number of carbonyl (C=O) groups is 2. The van der Waals surface area contributed by atoms with E-state index in [1.165, 1.54) is 0 Å². The van der Waals surface area contributed by atoms with E-state index >= 15 is 0 Å². The largest absolute Gasteiger partial charge is 0.460 e. The Bertz CT molecular complexity index is 969. The van der Waals surface area contributed by atoms with E-state index in [4.69, 9.17) is 18.9 Å². The zero-order chi connectivity index (χ0) is 26.9. The van der Waals surface area contributed by atoms with Crippen LogP contribution in [0, 0.1) is 0 Å². The Labute approximate surface area is 247 Å². The maximum atomic E-state index is 11.0. The van der Waals surface area contributed by atoms with Crippen LogP contribution < -0.4 is 0 Å². The van der Waals surface area contributed by atoms with Crippen LogP contribution in [0.3, 0.4) is 0 Å². The van der Waals surface area contributed by atoms with Crippen LogP contribution in [-0.4, -0.2) is 63.1 Å². The fraction of sp³-hybridized carbons (Fsp3) is 0.308. The van der Waals surface area contributed by atoms with Crippen LogP contribution in [0.4, 0.5) is 0 Å². The topological polar surface area (TPSA) is 71.1 Å². The van der Waals surface area contributed by atoms with E-state index in [2.05, 4.69) is 81.4 Å². The summed E-state index contributed by atoms with van der Waals surface area (Å²) < 4.78 is 22.8. The molecule has 0 N–H and O–H groups in total. The molecule has 0 saturated heterocycles. The van der Waals surface area contributed by atoms with Crippen molar-refractivity contribution in [1.82, 2.24) is 0 Å². The van der Waals surface area contributed by atoms with E-state index in [1.54, 1.807) is 35.3 Å². The summed E-state index contributed by atoms with van der Waals surface area (Å²) in [5.41, 5.74) is 0. The number of benzene rings is 2. The second-order valence-corrected chi connectivity index (χ2v) is 12.1. The number of hydrogen-bond donors (Lipinski definition) is 0. The summed E-state index contributed by atoms with van der Waals surface area (Å²) in [5, 5.41) is 0. The van der Waals surface area contributed by atoms with E-state index < -0.39 is 11.9 Å². The average Bonchev–Trinajstić information content (AvgIpc) is 2.89. The number of carbonyl (C=O) groups excluding carboxylic acids is 2. The molecular formula is C26H28Br2O6S3. The molecule has 0 aromatic heterocycles. The smallest absolute Gasteiger partial charge is 0.330 e. The highest BCUT2D eigenvalue weighted by Gasteiger charge is 2.07. The van der Waals surface area contributed by atoms with Crippen LogP contribution in [0.5, 0.6) is 0 Å². The Morgan fingerprint density at radius 1 is 0.703 bits per heavy atom. The lowest BCUT2D eigenvalue weighted by atomic mass is 10.4. The summed E-state index contributed by atoms with van der Waals surface area (Å²) >= 11 is 12.4. The predicted octanol–water partition coefficient (Wildman–Crippen LogP) is 7.04. The molecule has 0 bridgehead atoms. The predicted molar refractivity (Wildman–Crippen MR) is 158 cm³/mol. The summed E-state index contributed by atoms with van der Waals surface area (Å²) in [6.45, 7) is 9.02. The first kappa shape index (κ1) is 32.0. The number of esters is 2. The molecule has 11 heteroatoms. The van der Waals surface area contributed by atoms with Crippen LogP contribution in [0.25, 0.3) is 0 Å². The van der Waals surface area contributed by atoms with Crippen molar-refractivity contribution in [2.45, 2.75) is 19.6 Å². The van der Waals surface area contributed by atoms with Gasteiger partial charge in [-0.1, -0.05) is 24.9 Å². The summed E-state index contributed by atoms with van der Waals surface area (Å²) in [7, 11) is 0. The number of rotatable bonds is 18. The SMILES string of the molecule is C=CC(=O)OCCOCCSc1ccc(Sc2ccc(SCCOCCOC(=O)C=C)c(Br)c2)cc1Br. The van der Waals surface area contributed by atoms with Gasteiger partial charge < -0.3 is 18.9 Å². The lowest BCUT2D eigenvalue weighted by molar-refractivity contribution is -0.140. The van der Waals surface area contributed by atoms with Gasteiger partial charge >= 0.3 is 11.9 Å². The van der Waals surface area contributed by atoms with Gasteiger partial charge in [-0.2, -0.15) is 0 Å². The van der Waals surface area contributed by atoms with E-state index in [-0.39, 0.29) is 13.2 Å². The van der Waals surface area contributed by atoms with E-state index in [9.17, 15) is 9.59 Å². The molecule has 2 aromatic carbocycles. The molecular weight excluding hydrogens is 664 g/mol. The summed E-state index contributed by atoms with van der Waals surface area (Å²) in [6, 6.07) is 12.6. The molecule has 200 valence electrons.